The maximum absolute atomic E-state index is 2.69. The van der Waals surface area contributed by atoms with Gasteiger partial charge in [0.1, 0.15) is 0 Å². The van der Waals surface area contributed by atoms with Crippen LogP contribution in [0.25, 0.3) is 0 Å². The molecule has 0 radical (unpaired) electrons. The Balaban J connectivity index is 0. The monoisotopic (exact) mass is 300 g/mol. The van der Waals surface area contributed by atoms with Gasteiger partial charge in [0.25, 0.3) is 0 Å². The molecule has 0 aliphatic carbocycles. The van der Waals surface area contributed by atoms with Gasteiger partial charge in [-0.3, -0.25) is 0 Å². The van der Waals surface area contributed by atoms with Gasteiger partial charge in [0.05, 0.1) is 0 Å². The van der Waals surface area contributed by atoms with Crippen LogP contribution >= 0.6 is 0 Å². The summed E-state index contributed by atoms with van der Waals surface area (Å²) in [6.07, 6.45) is 7.15. The van der Waals surface area contributed by atoms with Crippen LogP contribution in [0.2, 0.25) is 0 Å². The second-order valence-electron chi connectivity index (χ2n) is 5.56. The number of hydrogen-bond donors (Lipinski definition) is 0. The van der Waals surface area contributed by atoms with Crippen molar-refractivity contribution in [3.05, 3.63) is 0 Å². The Morgan fingerprint density at radius 3 is 1.76 bits per heavy atom. The van der Waals surface area contributed by atoms with Crippen molar-refractivity contribution < 1.29 is 0 Å². The van der Waals surface area contributed by atoms with Crippen LogP contribution in [0.1, 0.15) is 80.6 Å². The van der Waals surface area contributed by atoms with Crippen molar-refractivity contribution in [2.45, 2.75) is 86.6 Å². The van der Waals surface area contributed by atoms with Crippen molar-refractivity contribution in [1.29, 1.82) is 0 Å². The zero-order chi connectivity index (χ0) is 16.7. The van der Waals surface area contributed by atoms with Crippen LogP contribution in [-0.4, -0.2) is 49.1 Å². The minimum absolute atomic E-state index is 0.858. The van der Waals surface area contributed by atoms with Crippen LogP contribution in [0, 0.1) is 5.92 Å². The lowest BCUT2D eigenvalue weighted by atomic mass is 9.93. The van der Waals surface area contributed by atoms with Crippen molar-refractivity contribution >= 4 is 0 Å². The summed E-state index contributed by atoms with van der Waals surface area (Å²) < 4.78 is 0. The van der Waals surface area contributed by atoms with Gasteiger partial charge in [0.2, 0.25) is 0 Å². The first-order chi connectivity index (χ1) is 10.3. The Kier molecular flexibility index (Phi) is 18.0. The van der Waals surface area contributed by atoms with Crippen molar-refractivity contribution in [2.24, 2.45) is 5.92 Å². The third kappa shape index (κ3) is 10.3. The molecule has 0 amide bonds. The number of piperidine rings is 1. The molecule has 0 aromatic rings. The van der Waals surface area contributed by atoms with Gasteiger partial charge < -0.3 is 9.80 Å². The van der Waals surface area contributed by atoms with E-state index in [4.69, 9.17) is 0 Å². The van der Waals surface area contributed by atoms with Crippen LogP contribution in [0.3, 0.4) is 0 Å². The molecule has 2 heterocycles. The van der Waals surface area contributed by atoms with E-state index in [9.17, 15) is 0 Å². The Hall–Kier alpha value is -0.0800. The van der Waals surface area contributed by atoms with Crippen LogP contribution in [-0.2, 0) is 0 Å². The van der Waals surface area contributed by atoms with Gasteiger partial charge in [-0.25, -0.2) is 0 Å². The minimum Gasteiger partial charge on any atom is -0.306 e. The molecule has 21 heavy (non-hydrogen) atoms. The maximum atomic E-state index is 2.69. The number of likely N-dealkylation sites (tertiary alicyclic amines) is 2. The molecule has 0 bridgehead atoms. The predicted molar refractivity (Wildman–Crippen MR) is 99.2 cm³/mol. The van der Waals surface area contributed by atoms with Crippen LogP contribution < -0.4 is 0 Å². The van der Waals surface area contributed by atoms with Gasteiger partial charge in [-0.1, -0.05) is 41.5 Å². The highest BCUT2D eigenvalue weighted by Crippen LogP contribution is 2.22. The molecule has 2 aliphatic rings. The zero-order valence-corrected chi connectivity index (χ0v) is 16.4. The molecule has 0 aromatic carbocycles. The summed E-state index contributed by atoms with van der Waals surface area (Å²) in [5.74, 6) is 1.01. The summed E-state index contributed by atoms with van der Waals surface area (Å²) in [7, 11) is 2.25. The van der Waals surface area contributed by atoms with E-state index in [1.807, 2.05) is 41.5 Å². The predicted octanol–water partition coefficient (Wildman–Crippen LogP) is 5.28. The van der Waals surface area contributed by atoms with E-state index in [2.05, 4.69) is 23.8 Å². The molecular formula is C19H44N2. The third-order valence-electron chi connectivity index (χ3n) is 4.35. The summed E-state index contributed by atoms with van der Waals surface area (Å²) in [5.41, 5.74) is 0. The topological polar surface area (TPSA) is 6.48 Å². The second-order valence-corrected chi connectivity index (χ2v) is 5.56. The van der Waals surface area contributed by atoms with Crippen LogP contribution in [0.5, 0.6) is 0 Å². The van der Waals surface area contributed by atoms with Gasteiger partial charge in [-0.15, -0.1) is 0 Å². The van der Waals surface area contributed by atoms with Crippen molar-refractivity contribution in [3.8, 4) is 0 Å². The fourth-order valence-electron chi connectivity index (χ4n) is 3.02. The van der Waals surface area contributed by atoms with Gasteiger partial charge in [-0.05, 0) is 78.2 Å². The molecule has 1 atom stereocenters. The Morgan fingerprint density at radius 1 is 0.810 bits per heavy atom. The highest BCUT2D eigenvalue weighted by Gasteiger charge is 2.22. The lowest BCUT2D eigenvalue weighted by Crippen LogP contribution is -2.33. The molecule has 0 spiro atoms. The van der Waals surface area contributed by atoms with E-state index in [0.717, 1.165) is 12.0 Å². The van der Waals surface area contributed by atoms with Crippen LogP contribution in [0.15, 0.2) is 0 Å². The van der Waals surface area contributed by atoms with E-state index in [-0.39, 0.29) is 0 Å². The first kappa shape index (κ1) is 23.2. The van der Waals surface area contributed by atoms with Crippen LogP contribution in [0.4, 0.5) is 0 Å². The van der Waals surface area contributed by atoms with Gasteiger partial charge in [-0.2, -0.15) is 0 Å². The summed E-state index contributed by atoms with van der Waals surface area (Å²) in [5, 5.41) is 0. The first-order valence-corrected chi connectivity index (χ1v) is 9.68. The van der Waals surface area contributed by atoms with Crippen molar-refractivity contribution in [3.63, 3.8) is 0 Å². The average Bonchev–Trinajstić information content (AvgIpc) is 2.98. The number of rotatable bonds is 3. The molecule has 0 N–H and O–H groups in total. The minimum atomic E-state index is 0.858. The zero-order valence-electron chi connectivity index (χ0n) is 16.4. The second kappa shape index (κ2) is 16.3. The first-order valence-electron chi connectivity index (χ1n) is 9.68. The molecule has 0 aromatic heterocycles. The summed E-state index contributed by atoms with van der Waals surface area (Å²) >= 11 is 0. The van der Waals surface area contributed by atoms with Gasteiger partial charge in [0.15, 0.2) is 0 Å². The fraction of sp³-hybridized carbons (Fsp3) is 1.00. The summed E-state index contributed by atoms with van der Waals surface area (Å²) in [4.78, 5) is 5.16. The molecule has 0 saturated carbocycles. The lowest BCUT2D eigenvalue weighted by Gasteiger charge is -2.30. The Labute approximate surface area is 136 Å². The fourth-order valence-corrected chi connectivity index (χ4v) is 3.02. The molecule has 130 valence electrons. The van der Waals surface area contributed by atoms with E-state index in [1.165, 1.54) is 58.3 Å². The highest BCUT2D eigenvalue weighted by molar-refractivity contribution is 4.77. The Morgan fingerprint density at radius 2 is 1.33 bits per heavy atom. The normalized spacial score (nSPS) is 23.1. The number of nitrogens with zero attached hydrogens (tertiary/aromatic N) is 2. The Bertz CT molecular complexity index is 186. The SMILES string of the molecule is CC.CC.CC.CC1CCCN1CCC1CCN(C)CC1. The molecule has 2 aliphatic heterocycles. The molecule has 2 rings (SSSR count). The van der Waals surface area contributed by atoms with E-state index >= 15 is 0 Å². The standard InChI is InChI=1S/C13H26N2.3C2H6/c1-12-4-3-8-15(12)11-7-13-5-9-14(2)10-6-13;3*1-2/h12-13H,3-11H2,1-2H3;3*1-2H3. The van der Waals surface area contributed by atoms with E-state index in [0.29, 0.717) is 0 Å². The molecule has 1 unspecified atom stereocenters. The average molecular weight is 301 g/mol. The number of hydrogen-bond acceptors (Lipinski definition) is 2. The molecule has 2 fully saturated rings. The molecule has 2 nitrogen and oxygen atoms in total. The third-order valence-corrected chi connectivity index (χ3v) is 4.35. The quantitative estimate of drug-likeness (QED) is 0.699. The highest BCUT2D eigenvalue weighted by atomic mass is 15.2. The smallest absolute Gasteiger partial charge is 0.00674 e. The lowest BCUT2D eigenvalue weighted by molar-refractivity contribution is 0.184. The summed E-state index contributed by atoms with van der Waals surface area (Å²) in [6.45, 7) is 19.7. The van der Waals surface area contributed by atoms with Crippen molar-refractivity contribution in [1.82, 2.24) is 9.80 Å². The molecule has 2 heteroatoms. The van der Waals surface area contributed by atoms with E-state index in [1.54, 1.807) is 0 Å². The van der Waals surface area contributed by atoms with Gasteiger partial charge >= 0.3 is 0 Å². The maximum Gasteiger partial charge on any atom is 0.00674 e. The summed E-state index contributed by atoms with van der Waals surface area (Å²) in [6, 6.07) is 0.858. The molecular weight excluding hydrogens is 256 g/mol. The largest absolute Gasteiger partial charge is 0.306 e. The molecule has 2 saturated heterocycles. The van der Waals surface area contributed by atoms with E-state index < -0.39 is 0 Å². The van der Waals surface area contributed by atoms with Crippen molar-refractivity contribution in [2.75, 3.05) is 33.2 Å². The van der Waals surface area contributed by atoms with Gasteiger partial charge in [0, 0.05) is 6.04 Å².